The van der Waals surface area contributed by atoms with Gasteiger partial charge in [0.25, 0.3) is 0 Å². The number of benzene rings is 1. The first-order valence-corrected chi connectivity index (χ1v) is 5.57. The van der Waals surface area contributed by atoms with Gasteiger partial charge < -0.3 is 9.84 Å². The molecule has 4 heteroatoms. The van der Waals surface area contributed by atoms with Crippen LogP contribution in [-0.4, -0.2) is 10.1 Å². The van der Waals surface area contributed by atoms with Crippen molar-refractivity contribution in [3.63, 3.8) is 0 Å². The minimum absolute atomic E-state index is 0.0353. The van der Waals surface area contributed by atoms with Crippen molar-refractivity contribution in [2.45, 2.75) is 6.61 Å². The van der Waals surface area contributed by atoms with E-state index in [0.717, 1.165) is 10.0 Å². The number of hydrogen-bond donors (Lipinski definition) is 1. The molecule has 3 nitrogen and oxygen atoms in total. The molecule has 0 spiro atoms. The van der Waals surface area contributed by atoms with Crippen LogP contribution in [0.15, 0.2) is 47.1 Å². The summed E-state index contributed by atoms with van der Waals surface area (Å²) in [4.78, 5) is 4.10. The average Bonchev–Trinajstić information content (AvgIpc) is 2.33. The van der Waals surface area contributed by atoms with Crippen molar-refractivity contribution in [3.05, 3.63) is 52.6 Å². The molecule has 0 saturated carbocycles. The zero-order valence-electron chi connectivity index (χ0n) is 8.43. The van der Waals surface area contributed by atoms with Crippen LogP contribution in [0, 0.1) is 0 Å². The summed E-state index contributed by atoms with van der Waals surface area (Å²) in [5.74, 6) is 1.22. The lowest BCUT2D eigenvalue weighted by Gasteiger charge is -2.06. The fraction of sp³-hybridized carbons (Fsp3) is 0.0833. The van der Waals surface area contributed by atoms with Crippen LogP contribution >= 0.6 is 15.9 Å². The second-order valence-electron chi connectivity index (χ2n) is 3.19. The van der Waals surface area contributed by atoms with Crippen molar-refractivity contribution in [1.29, 1.82) is 0 Å². The third-order valence-electron chi connectivity index (χ3n) is 2.05. The summed E-state index contributed by atoms with van der Waals surface area (Å²) in [7, 11) is 0. The molecule has 0 aliphatic rings. The molecule has 2 rings (SSSR count). The highest BCUT2D eigenvalue weighted by atomic mass is 79.9. The SMILES string of the molecule is OCc1ccc(Oc2ncccc2Br)cc1. The van der Waals surface area contributed by atoms with Crippen molar-refractivity contribution in [2.24, 2.45) is 0 Å². The number of aromatic nitrogens is 1. The van der Waals surface area contributed by atoms with Crippen molar-refractivity contribution in [1.82, 2.24) is 4.98 Å². The van der Waals surface area contributed by atoms with Crippen molar-refractivity contribution < 1.29 is 9.84 Å². The topological polar surface area (TPSA) is 42.4 Å². The van der Waals surface area contributed by atoms with Gasteiger partial charge in [-0.05, 0) is 45.8 Å². The quantitative estimate of drug-likeness (QED) is 0.939. The molecule has 1 heterocycles. The average molecular weight is 280 g/mol. The zero-order valence-corrected chi connectivity index (χ0v) is 10.0. The molecule has 1 N–H and O–H groups in total. The number of ether oxygens (including phenoxy) is 1. The fourth-order valence-electron chi connectivity index (χ4n) is 1.22. The maximum atomic E-state index is 8.90. The molecule has 0 saturated heterocycles. The van der Waals surface area contributed by atoms with Crippen LogP contribution in [0.3, 0.4) is 0 Å². The van der Waals surface area contributed by atoms with Gasteiger partial charge in [0.1, 0.15) is 5.75 Å². The maximum Gasteiger partial charge on any atom is 0.233 e. The van der Waals surface area contributed by atoms with Crippen LogP contribution in [0.1, 0.15) is 5.56 Å². The Balaban J connectivity index is 2.18. The minimum Gasteiger partial charge on any atom is -0.438 e. The molecular formula is C12H10BrNO2. The Morgan fingerprint density at radius 1 is 1.19 bits per heavy atom. The van der Waals surface area contributed by atoms with E-state index in [9.17, 15) is 0 Å². The molecular weight excluding hydrogens is 270 g/mol. The van der Waals surface area contributed by atoms with Gasteiger partial charge in [0, 0.05) is 6.20 Å². The van der Waals surface area contributed by atoms with Gasteiger partial charge in [-0.3, -0.25) is 0 Å². The molecule has 2 aromatic rings. The van der Waals surface area contributed by atoms with Gasteiger partial charge in [-0.15, -0.1) is 0 Å². The van der Waals surface area contributed by atoms with Gasteiger partial charge in [-0.1, -0.05) is 12.1 Å². The summed E-state index contributed by atoms with van der Waals surface area (Å²) in [5, 5.41) is 8.90. The van der Waals surface area contributed by atoms with E-state index in [1.54, 1.807) is 18.3 Å². The maximum absolute atomic E-state index is 8.90. The molecule has 0 amide bonds. The van der Waals surface area contributed by atoms with Crippen LogP contribution in [0.2, 0.25) is 0 Å². The smallest absolute Gasteiger partial charge is 0.233 e. The lowest BCUT2D eigenvalue weighted by atomic mass is 10.2. The lowest BCUT2D eigenvalue weighted by molar-refractivity contribution is 0.281. The Morgan fingerprint density at radius 3 is 2.56 bits per heavy atom. The van der Waals surface area contributed by atoms with Crippen LogP contribution in [0.25, 0.3) is 0 Å². The van der Waals surface area contributed by atoms with Crippen LogP contribution in [0.4, 0.5) is 0 Å². The fourth-order valence-corrected chi connectivity index (χ4v) is 1.56. The lowest BCUT2D eigenvalue weighted by Crippen LogP contribution is -1.89. The van der Waals surface area contributed by atoms with Gasteiger partial charge >= 0.3 is 0 Å². The Bertz CT molecular complexity index is 471. The van der Waals surface area contributed by atoms with Crippen LogP contribution in [0.5, 0.6) is 11.6 Å². The monoisotopic (exact) mass is 279 g/mol. The number of rotatable bonds is 3. The van der Waals surface area contributed by atoms with Crippen LogP contribution in [-0.2, 0) is 6.61 Å². The minimum atomic E-state index is 0.0353. The first kappa shape index (κ1) is 11.1. The summed E-state index contributed by atoms with van der Waals surface area (Å²) in [6.45, 7) is 0.0353. The first-order valence-electron chi connectivity index (χ1n) is 4.78. The number of pyridine rings is 1. The third-order valence-corrected chi connectivity index (χ3v) is 2.65. The molecule has 0 radical (unpaired) electrons. The predicted octanol–water partition coefficient (Wildman–Crippen LogP) is 3.13. The van der Waals surface area contributed by atoms with E-state index in [1.165, 1.54) is 0 Å². The standard InChI is InChI=1S/C12H10BrNO2/c13-11-2-1-7-14-12(11)16-10-5-3-9(8-15)4-6-10/h1-7,15H,8H2. The summed E-state index contributed by atoms with van der Waals surface area (Å²) in [6, 6.07) is 10.9. The van der Waals surface area contributed by atoms with E-state index in [0.29, 0.717) is 11.6 Å². The van der Waals surface area contributed by atoms with Gasteiger partial charge in [0.05, 0.1) is 11.1 Å². The highest BCUT2D eigenvalue weighted by Crippen LogP contribution is 2.26. The normalized spacial score (nSPS) is 10.1. The van der Waals surface area contributed by atoms with E-state index in [2.05, 4.69) is 20.9 Å². The number of nitrogens with zero attached hydrogens (tertiary/aromatic N) is 1. The molecule has 82 valence electrons. The number of halogens is 1. The number of aliphatic hydroxyl groups excluding tert-OH is 1. The predicted molar refractivity (Wildman–Crippen MR) is 64.4 cm³/mol. The molecule has 0 fully saturated rings. The molecule has 0 aliphatic heterocycles. The van der Waals surface area contributed by atoms with Crippen molar-refractivity contribution >= 4 is 15.9 Å². The Hall–Kier alpha value is -1.39. The van der Waals surface area contributed by atoms with Gasteiger partial charge in [0.15, 0.2) is 0 Å². The van der Waals surface area contributed by atoms with Crippen molar-refractivity contribution in [3.8, 4) is 11.6 Å². The highest BCUT2D eigenvalue weighted by molar-refractivity contribution is 9.10. The molecule has 16 heavy (non-hydrogen) atoms. The van der Waals surface area contributed by atoms with Gasteiger partial charge in [-0.25, -0.2) is 4.98 Å². The van der Waals surface area contributed by atoms with E-state index in [4.69, 9.17) is 9.84 Å². The second kappa shape index (κ2) is 5.09. The molecule has 0 unspecified atom stereocenters. The third kappa shape index (κ3) is 2.59. The summed E-state index contributed by atoms with van der Waals surface area (Å²) in [6.07, 6.45) is 1.67. The zero-order chi connectivity index (χ0) is 11.4. The number of aliphatic hydroxyl groups is 1. The second-order valence-corrected chi connectivity index (χ2v) is 4.05. The molecule has 1 aromatic carbocycles. The first-order chi connectivity index (χ1) is 7.79. The molecule has 0 bridgehead atoms. The largest absolute Gasteiger partial charge is 0.438 e. The van der Waals surface area contributed by atoms with E-state index >= 15 is 0 Å². The molecule has 0 atom stereocenters. The Labute approximate surface area is 102 Å². The van der Waals surface area contributed by atoms with E-state index in [-0.39, 0.29) is 6.61 Å². The van der Waals surface area contributed by atoms with E-state index < -0.39 is 0 Å². The highest BCUT2D eigenvalue weighted by Gasteiger charge is 2.02. The molecule has 0 aliphatic carbocycles. The van der Waals surface area contributed by atoms with E-state index in [1.807, 2.05) is 24.3 Å². The van der Waals surface area contributed by atoms with Gasteiger partial charge in [0.2, 0.25) is 5.88 Å². The number of hydrogen-bond acceptors (Lipinski definition) is 3. The van der Waals surface area contributed by atoms with Crippen LogP contribution < -0.4 is 4.74 Å². The Morgan fingerprint density at radius 2 is 1.94 bits per heavy atom. The summed E-state index contributed by atoms with van der Waals surface area (Å²) >= 11 is 3.35. The molecule has 1 aromatic heterocycles. The van der Waals surface area contributed by atoms with Crippen molar-refractivity contribution in [2.75, 3.05) is 0 Å². The Kier molecular flexibility index (Phi) is 3.54. The van der Waals surface area contributed by atoms with Gasteiger partial charge in [-0.2, -0.15) is 0 Å². The summed E-state index contributed by atoms with van der Waals surface area (Å²) < 4.78 is 6.38. The summed E-state index contributed by atoms with van der Waals surface area (Å²) in [5.41, 5.74) is 0.854.